The summed E-state index contributed by atoms with van der Waals surface area (Å²) in [6.45, 7) is 1.99. The van der Waals surface area contributed by atoms with E-state index in [-0.39, 0.29) is 12.3 Å². The van der Waals surface area contributed by atoms with E-state index in [1.807, 2.05) is 13.0 Å². The fraction of sp³-hybridized carbons (Fsp3) is 0.133. The SMILES string of the molecule is Cc1cc(Br)cc(C=O)c1OCc1cccc([N+](=O)[O-])c1. The summed E-state index contributed by atoms with van der Waals surface area (Å²) in [5, 5.41) is 10.7. The van der Waals surface area contributed by atoms with Crippen molar-refractivity contribution in [2.24, 2.45) is 0 Å². The van der Waals surface area contributed by atoms with E-state index in [0.717, 1.165) is 16.3 Å². The second kappa shape index (κ2) is 6.49. The van der Waals surface area contributed by atoms with E-state index in [1.165, 1.54) is 12.1 Å². The summed E-state index contributed by atoms with van der Waals surface area (Å²) in [7, 11) is 0. The van der Waals surface area contributed by atoms with Gasteiger partial charge in [0.15, 0.2) is 6.29 Å². The van der Waals surface area contributed by atoms with Crippen LogP contribution in [0.5, 0.6) is 5.75 Å². The third-order valence-corrected chi connectivity index (χ3v) is 3.36. The molecule has 0 fully saturated rings. The molecule has 21 heavy (non-hydrogen) atoms. The highest BCUT2D eigenvalue weighted by Crippen LogP contribution is 2.28. The number of carbonyl (C=O) groups excluding carboxylic acids is 1. The molecule has 2 aromatic rings. The van der Waals surface area contributed by atoms with Gasteiger partial charge in [-0.05, 0) is 30.2 Å². The summed E-state index contributed by atoms with van der Waals surface area (Å²) in [6.07, 6.45) is 0.723. The highest BCUT2D eigenvalue weighted by atomic mass is 79.9. The van der Waals surface area contributed by atoms with Crippen LogP contribution in [-0.2, 0) is 6.61 Å². The molecule has 0 saturated carbocycles. The minimum atomic E-state index is -0.453. The number of carbonyl (C=O) groups is 1. The minimum absolute atomic E-state index is 0.0132. The van der Waals surface area contributed by atoms with Crippen molar-refractivity contribution in [1.82, 2.24) is 0 Å². The summed E-state index contributed by atoms with van der Waals surface area (Å²) in [4.78, 5) is 21.4. The van der Waals surface area contributed by atoms with Gasteiger partial charge in [-0.3, -0.25) is 14.9 Å². The first-order valence-corrected chi connectivity index (χ1v) is 6.92. The molecule has 5 nitrogen and oxygen atoms in total. The van der Waals surface area contributed by atoms with Crippen LogP contribution in [0.3, 0.4) is 0 Å². The molecule has 0 aliphatic carbocycles. The maximum absolute atomic E-state index is 11.1. The van der Waals surface area contributed by atoms with Crippen molar-refractivity contribution < 1.29 is 14.5 Å². The predicted molar refractivity (Wildman–Crippen MR) is 81.7 cm³/mol. The summed E-state index contributed by atoms with van der Waals surface area (Å²) in [6, 6.07) is 9.73. The number of hydrogen-bond donors (Lipinski definition) is 0. The Balaban J connectivity index is 2.22. The molecular weight excluding hydrogens is 338 g/mol. The van der Waals surface area contributed by atoms with E-state index in [1.54, 1.807) is 18.2 Å². The Morgan fingerprint density at radius 3 is 2.76 bits per heavy atom. The largest absolute Gasteiger partial charge is 0.488 e. The van der Waals surface area contributed by atoms with Crippen LogP contribution in [0.4, 0.5) is 5.69 Å². The first kappa shape index (κ1) is 15.2. The Kier molecular flexibility index (Phi) is 4.70. The molecule has 0 spiro atoms. The van der Waals surface area contributed by atoms with Crippen molar-refractivity contribution in [2.45, 2.75) is 13.5 Å². The predicted octanol–water partition coefficient (Wildman–Crippen LogP) is 4.06. The lowest BCUT2D eigenvalue weighted by atomic mass is 10.1. The Morgan fingerprint density at radius 2 is 2.10 bits per heavy atom. The summed E-state index contributed by atoms with van der Waals surface area (Å²) in [5.74, 6) is 0.486. The average molecular weight is 350 g/mol. The van der Waals surface area contributed by atoms with Gasteiger partial charge in [0.05, 0.1) is 10.5 Å². The zero-order valence-electron chi connectivity index (χ0n) is 11.2. The minimum Gasteiger partial charge on any atom is -0.488 e. The number of aldehydes is 1. The number of non-ortho nitro benzene ring substituents is 1. The monoisotopic (exact) mass is 349 g/mol. The molecule has 0 amide bonds. The van der Waals surface area contributed by atoms with E-state index < -0.39 is 4.92 Å². The van der Waals surface area contributed by atoms with Crippen LogP contribution in [0.25, 0.3) is 0 Å². The first-order chi connectivity index (χ1) is 10.0. The van der Waals surface area contributed by atoms with Crippen LogP contribution in [0.15, 0.2) is 40.9 Å². The molecule has 0 bridgehead atoms. The number of nitrogens with zero attached hydrogens (tertiary/aromatic N) is 1. The Hall–Kier alpha value is -2.21. The quantitative estimate of drug-likeness (QED) is 0.463. The second-order valence-electron chi connectivity index (χ2n) is 4.47. The molecule has 0 radical (unpaired) electrons. The van der Waals surface area contributed by atoms with E-state index in [2.05, 4.69) is 15.9 Å². The van der Waals surface area contributed by atoms with Gasteiger partial charge in [0.1, 0.15) is 12.4 Å². The smallest absolute Gasteiger partial charge is 0.269 e. The molecular formula is C15H12BrNO4. The molecule has 0 aromatic heterocycles. The molecule has 0 N–H and O–H groups in total. The topological polar surface area (TPSA) is 69.4 Å². The van der Waals surface area contributed by atoms with Crippen molar-refractivity contribution in [2.75, 3.05) is 0 Å². The van der Waals surface area contributed by atoms with Gasteiger partial charge in [0, 0.05) is 16.6 Å². The summed E-state index contributed by atoms with van der Waals surface area (Å²) in [5.41, 5.74) is 1.94. The molecule has 6 heteroatoms. The number of halogens is 1. The molecule has 0 unspecified atom stereocenters. The number of ether oxygens (including phenoxy) is 1. The molecule has 2 rings (SSSR count). The van der Waals surface area contributed by atoms with Crippen LogP contribution in [0.2, 0.25) is 0 Å². The Labute approximate surface area is 129 Å². The van der Waals surface area contributed by atoms with Gasteiger partial charge in [0.2, 0.25) is 0 Å². The highest BCUT2D eigenvalue weighted by Gasteiger charge is 2.10. The van der Waals surface area contributed by atoms with E-state index in [4.69, 9.17) is 4.74 Å². The maximum Gasteiger partial charge on any atom is 0.269 e. The zero-order valence-corrected chi connectivity index (χ0v) is 12.8. The molecule has 0 atom stereocenters. The standard InChI is InChI=1S/C15H12BrNO4/c1-10-5-13(16)7-12(8-18)15(10)21-9-11-3-2-4-14(6-11)17(19)20/h2-8H,9H2,1H3. The lowest BCUT2D eigenvalue weighted by molar-refractivity contribution is -0.384. The van der Waals surface area contributed by atoms with Crippen molar-refractivity contribution in [3.05, 3.63) is 67.7 Å². The molecule has 0 aliphatic rings. The zero-order chi connectivity index (χ0) is 15.4. The first-order valence-electron chi connectivity index (χ1n) is 6.12. The number of nitro benzene ring substituents is 1. The summed E-state index contributed by atoms with van der Waals surface area (Å²) < 4.78 is 6.46. The van der Waals surface area contributed by atoms with Crippen LogP contribution >= 0.6 is 15.9 Å². The lowest BCUT2D eigenvalue weighted by Crippen LogP contribution is -2.01. The Morgan fingerprint density at radius 1 is 1.33 bits per heavy atom. The normalized spacial score (nSPS) is 10.2. The van der Waals surface area contributed by atoms with Crippen LogP contribution < -0.4 is 4.74 Å². The van der Waals surface area contributed by atoms with Crippen molar-refractivity contribution in [3.63, 3.8) is 0 Å². The average Bonchev–Trinajstić information content (AvgIpc) is 2.45. The second-order valence-corrected chi connectivity index (χ2v) is 5.39. The Bertz CT molecular complexity index is 700. The van der Waals surface area contributed by atoms with Crippen LogP contribution in [0, 0.1) is 17.0 Å². The number of benzene rings is 2. The third kappa shape index (κ3) is 3.66. The number of rotatable bonds is 5. The third-order valence-electron chi connectivity index (χ3n) is 2.90. The van der Waals surface area contributed by atoms with Gasteiger partial charge in [0.25, 0.3) is 5.69 Å². The fourth-order valence-corrected chi connectivity index (χ4v) is 2.55. The van der Waals surface area contributed by atoms with Crippen molar-refractivity contribution >= 4 is 27.9 Å². The molecule has 108 valence electrons. The maximum atomic E-state index is 11.1. The number of nitro groups is 1. The van der Waals surface area contributed by atoms with E-state index in [9.17, 15) is 14.9 Å². The van der Waals surface area contributed by atoms with Gasteiger partial charge >= 0.3 is 0 Å². The molecule has 0 aliphatic heterocycles. The van der Waals surface area contributed by atoms with Gasteiger partial charge in [-0.25, -0.2) is 0 Å². The van der Waals surface area contributed by atoms with Gasteiger partial charge in [-0.15, -0.1) is 0 Å². The number of aryl methyl sites for hydroxylation is 1. The summed E-state index contributed by atoms with van der Waals surface area (Å²) >= 11 is 3.32. The van der Waals surface area contributed by atoms with E-state index in [0.29, 0.717) is 16.9 Å². The lowest BCUT2D eigenvalue weighted by Gasteiger charge is -2.12. The molecule has 0 heterocycles. The van der Waals surface area contributed by atoms with E-state index >= 15 is 0 Å². The van der Waals surface area contributed by atoms with Gasteiger partial charge in [-0.2, -0.15) is 0 Å². The van der Waals surface area contributed by atoms with Crippen LogP contribution in [-0.4, -0.2) is 11.2 Å². The van der Waals surface area contributed by atoms with Crippen molar-refractivity contribution in [1.29, 1.82) is 0 Å². The van der Waals surface area contributed by atoms with Gasteiger partial charge in [-0.1, -0.05) is 28.1 Å². The fourth-order valence-electron chi connectivity index (χ4n) is 1.96. The number of hydrogen-bond acceptors (Lipinski definition) is 4. The van der Waals surface area contributed by atoms with Gasteiger partial charge < -0.3 is 4.74 Å². The molecule has 2 aromatic carbocycles. The molecule has 0 saturated heterocycles. The highest BCUT2D eigenvalue weighted by molar-refractivity contribution is 9.10. The van der Waals surface area contributed by atoms with Crippen LogP contribution in [0.1, 0.15) is 21.5 Å². The van der Waals surface area contributed by atoms with Crippen molar-refractivity contribution in [3.8, 4) is 5.75 Å².